The lowest BCUT2D eigenvalue weighted by Crippen LogP contribution is -2.10. The Labute approximate surface area is 86.8 Å². The van der Waals surface area contributed by atoms with Crippen LogP contribution in [0.4, 0.5) is 10.1 Å². The van der Waals surface area contributed by atoms with Gasteiger partial charge in [0.15, 0.2) is 0 Å². The van der Waals surface area contributed by atoms with Gasteiger partial charge in [-0.25, -0.2) is 9.18 Å². The molecule has 0 unspecified atom stereocenters. The molecule has 0 spiro atoms. The largest absolute Gasteiger partial charge is 0.495 e. The first kappa shape index (κ1) is 11.3. The average Bonchev–Trinajstić information content (AvgIpc) is 2.26. The highest BCUT2D eigenvalue weighted by molar-refractivity contribution is 5.96. The molecule has 1 aromatic rings. The molecule has 15 heavy (non-hydrogen) atoms. The van der Waals surface area contributed by atoms with Crippen LogP contribution in [-0.2, 0) is 4.74 Å². The number of benzene rings is 1. The maximum Gasteiger partial charge on any atom is 0.340 e. The van der Waals surface area contributed by atoms with Crippen LogP contribution in [0.15, 0.2) is 18.2 Å². The van der Waals surface area contributed by atoms with Gasteiger partial charge in [-0.05, 0) is 12.1 Å². The first-order chi connectivity index (χ1) is 7.20. The van der Waals surface area contributed by atoms with E-state index in [9.17, 15) is 9.18 Å². The van der Waals surface area contributed by atoms with Gasteiger partial charge in [-0.2, -0.15) is 0 Å². The molecule has 0 aromatic heterocycles. The predicted octanol–water partition coefficient (Wildman–Crippen LogP) is 1.40. The van der Waals surface area contributed by atoms with Gasteiger partial charge in [0.2, 0.25) is 0 Å². The minimum absolute atomic E-state index is 0.183. The summed E-state index contributed by atoms with van der Waals surface area (Å²) in [5.41, 5.74) is 6.03. The van der Waals surface area contributed by atoms with Crippen LogP contribution in [0, 0.1) is 0 Å². The van der Waals surface area contributed by atoms with Crippen molar-refractivity contribution in [3.05, 3.63) is 23.8 Å². The number of rotatable bonds is 4. The van der Waals surface area contributed by atoms with Crippen LogP contribution in [0.2, 0.25) is 0 Å². The van der Waals surface area contributed by atoms with Crippen molar-refractivity contribution in [2.45, 2.75) is 0 Å². The normalized spacial score (nSPS) is 9.73. The molecule has 5 heteroatoms. The molecule has 1 aromatic carbocycles. The van der Waals surface area contributed by atoms with Gasteiger partial charge in [0.05, 0.1) is 18.4 Å². The highest BCUT2D eigenvalue weighted by Crippen LogP contribution is 2.25. The quantitative estimate of drug-likeness (QED) is 0.606. The maximum atomic E-state index is 11.8. The highest BCUT2D eigenvalue weighted by atomic mass is 19.1. The first-order valence-electron chi connectivity index (χ1n) is 4.36. The zero-order valence-corrected chi connectivity index (χ0v) is 8.33. The summed E-state index contributed by atoms with van der Waals surface area (Å²) in [7, 11) is 1.45. The summed E-state index contributed by atoms with van der Waals surface area (Å²) in [6.45, 7) is -0.981. The molecule has 0 atom stereocenters. The van der Waals surface area contributed by atoms with E-state index in [4.69, 9.17) is 10.5 Å². The lowest BCUT2D eigenvalue weighted by atomic mass is 10.1. The first-order valence-corrected chi connectivity index (χ1v) is 4.36. The third-order valence-corrected chi connectivity index (χ3v) is 1.82. The van der Waals surface area contributed by atoms with Gasteiger partial charge in [0.1, 0.15) is 19.0 Å². The highest BCUT2D eigenvalue weighted by Gasteiger charge is 2.13. The SMILES string of the molecule is COc1cccc(C(=O)OCCF)c1N. The van der Waals surface area contributed by atoms with E-state index in [1.165, 1.54) is 13.2 Å². The van der Waals surface area contributed by atoms with Gasteiger partial charge < -0.3 is 15.2 Å². The fourth-order valence-electron chi connectivity index (χ4n) is 1.11. The van der Waals surface area contributed by atoms with Gasteiger partial charge in [0, 0.05) is 0 Å². The van der Waals surface area contributed by atoms with Crippen molar-refractivity contribution in [3.8, 4) is 5.75 Å². The fourth-order valence-corrected chi connectivity index (χ4v) is 1.11. The van der Waals surface area contributed by atoms with Crippen molar-refractivity contribution in [3.63, 3.8) is 0 Å². The number of anilines is 1. The minimum Gasteiger partial charge on any atom is -0.495 e. The smallest absolute Gasteiger partial charge is 0.340 e. The zero-order valence-electron chi connectivity index (χ0n) is 8.33. The van der Waals surface area contributed by atoms with Gasteiger partial charge in [-0.1, -0.05) is 6.07 Å². The van der Waals surface area contributed by atoms with Crippen LogP contribution in [-0.4, -0.2) is 26.4 Å². The average molecular weight is 213 g/mol. The number of carbonyl (C=O) groups excluding carboxylic acids is 1. The number of alkyl halides is 1. The number of nitrogen functional groups attached to an aromatic ring is 1. The number of esters is 1. The monoisotopic (exact) mass is 213 g/mol. The van der Waals surface area contributed by atoms with Crippen molar-refractivity contribution in [2.24, 2.45) is 0 Å². The molecule has 0 heterocycles. The van der Waals surface area contributed by atoms with Gasteiger partial charge in [-0.15, -0.1) is 0 Å². The van der Waals surface area contributed by atoms with E-state index in [0.29, 0.717) is 5.75 Å². The van der Waals surface area contributed by atoms with E-state index in [1.54, 1.807) is 12.1 Å². The number of halogens is 1. The van der Waals surface area contributed by atoms with Gasteiger partial charge >= 0.3 is 5.97 Å². The van der Waals surface area contributed by atoms with E-state index in [1.807, 2.05) is 0 Å². The molecule has 0 saturated heterocycles. The fraction of sp³-hybridized carbons (Fsp3) is 0.300. The van der Waals surface area contributed by atoms with Crippen LogP contribution in [0.3, 0.4) is 0 Å². The van der Waals surface area contributed by atoms with Crippen LogP contribution in [0.1, 0.15) is 10.4 Å². The zero-order chi connectivity index (χ0) is 11.3. The third kappa shape index (κ3) is 2.59. The summed E-state index contributed by atoms with van der Waals surface area (Å²) in [5, 5.41) is 0. The molecule has 4 nitrogen and oxygen atoms in total. The van der Waals surface area contributed by atoms with Crippen molar-refractivity contribution in [1.82, 2.24) is 0 Å². The Morgan fingerprint density at radius 3 is 2.87 bits per heavy atom. The summed E-state index contributed by atoms with van der Waals surface area (Å²) in [5.74, 6) is -0.256. The van der Waals surface area contributed by atoms with Crippen molar-refractivity contribution >= 4 is 11.7 Å². The molecule has 0 amide bonds. The molecular formula is C10H12FNO3. The molecule has 1 rings (SSSR count). The van der Waals surface area contributed by atoms with Crippen LogP contribution in [0.25, 0.3) is 0 Å². The molecule has 0 saturated carbocycles. The molecule has 0 bridgehead atoms. The van der Waals surface area contributed by atoms with Gasteiger partial charge in [0.25, 0.3) is 0 Å². The number of nitrogens with two attached hydrogens (primary N) is 1. The van der Waals surface area contributed by atoms with E-state index < -0.39 is 12.6 Å². The summed E-state index contributed by atoms with van der Waals surface area (Å²) in [4.78, 5) is 11.4. The van der Waals surface area contributed by atoms with E-state index in [0.717, 1.165) is 0 Å². The summed E-state index contributed by atoms with van der Waals surface area (Å²) >= 11 is 0. The lowest BCUT2D eigenvalue weighted by Gasteiger charge is -2.08. The Morgan fingerprint density at radius 2 is 2.27 bits per heavy atom. The summed E-state index contributed by atoms with van der Waals surface area (Å²) in [6.07, 6.45) is 0. The Kier molecular flexibility index (Phi) is 3.91. The molecule has 0 fully saturated rings. The number of methoxy groups -OCH3 is 1. The topological polar surface area (TPSA) is 61.5 Å². The van der Waals surface area contributed by atoms with E-state index >= 15 is 0 Å². The lowest BCUT2D eigenvalue weighted by molar-refractivity contribution is 0.0482. The minimum atomic E-state index is -0.713. The maximum absolute atomic E-state index is 11.8. The molecular weight excluding hydrogens is 201 g/mol. The number of para-hydroxylation sites is 1. The van der Waals surface area contributed by atoms with Gasteiger partial charge in [-0.3, -0.25) is 0 Å². The van der Waals surface area contributed by atoms with E-state index in [2.05, 4.69) is 4.74 Å². The Balaban J connectivity index is 2.89. The second-order valence-electron chi connectivity index (χ2n) is 2.75. The molecule has 0 aliphatic rings. The van der Waals surface area contributed by atoms with E-state index in [-0.39, 0.29) is 17.9 Å². The van der Waals surface area contributed by atoms with Crippen LogP contribution >= 0.6 is 0 Å². The molecule has 2 N–H and O–H groups in total. The summed E-state index contributed by atoms with van der Waals surface area (Å²) in [6, 6.07) is 4.74. The molecule has 82 valence electrons. The van der Waals surface area contributed by atoms with Crippen molar-refractivity contribution < 1.29 is 18.7 Å². The number of ether oxygens (including phenoxy) is 2. The number of hydrogen-bond acceptors (Lipinski definition) is 4. The standard InChI is InChI=1S/C10H12FNO3/c1-14-8-4-2-3-7(9(8)12)10(13)15-6-5-11/h2-4H,5-6,12H2,1H3. The second-order valence-corrected chi connectivity index (χ2v) is 2.75. The Morgan fingerprint density at radius 1 is 1.53 bits per heavy atom. The van der Waals surface area contributed by atoms with Crippen molar-refractivity contribution in [1.29, 1.82) is 0 Å². The summed E-state index contributed by atoms with van der Waals surface area (Å²) < 4.78 is 21.3. The molecule has 0 aliphatic carbocycles. The molecule has 0 aliphatic heterocycles. The third-order valence-electron chi connectivity index (χ3n) is 1.82. The number of carbonyl (C=O) groups is 1. The van der Waals surface area contributed by atoms with Crippen LogP contribution < -0.4 is 10.5 Å². The number of hydrogen-bond donors (Lipinski definition) is 1. The predicted molar refractivity (Wildman–Crippen MR) is 53.7 cm³/mol. The van der Waals surface area contributed by atoms with Crippen molar-refractivity contribution in [2.75, 3.05) is 26.1 Å². The Hall–Kier alpha value is -1.78. The molecule has 0 radical (unpaired) electrons. The van der Waals surface area contributed by atoms with Crippen LogP contribution in [0.5, 0.6) is 5.75 Å². The second kappa shape index (κ2) is 5.19. The Bertz CT molecular complexity index is 355.